The molecule has 2 aliphatic rings. The van der Waals surface area contributed by atoms with Gasteiger partial charge in [0.1, 0.15) is 18.4 Å². The van der Waals surface area contributed by atoms with Crippen LogP contribution in [-0.4, -0.2) is 79.8 Å². The number of hydrogen-bond donors (Lipinski definition) is 6. The molecule has 1 unspecified atom stereocenters. The molecular formula is C29H40N6O6S. The van der Waals surface area contributed by atoms with Crippen LogP contribution in [0.5, 0.6) is 0 Å². The molecule has 42 heavy (non-hydrogen) atoms. The number of sulfonamides is 1. The van der Waals surface area contributed by atoms with E-state index in [2.05, 4.69) is 15.4 Å². The molecule has 0 radical (unpaired) electrons. The molecule has 2 amide bonds. The quantitative estimate of drug-likeness (QED) is 0.156. The summed E-state index contributed by atoms with van der Waals surface area (Å²) in [6, 6.07) is 9.57. The van der Waals surface area contributed by atoms with Gasteiger partial charge in [0.2, 0.25) is 21.8 Å². The second kappa shape index (κ2) is 14.1. The first kappa shape index (κ1) is 31.4. The van der Waals surface area contributed by atoms with E-state index in [1.807, 2.05) is 12.1 Å². The van der Waals surface area contributed by atoms with Crippen LogP contribution in [0.4, 0.5) is 0 Å². The molecule has 13 heteroatoms. The van der Waals surface area contributed by atoms with Crippen LogP contribution in [-0.2, 0) is 24.4 Å². The minimum absolute atomic E-state index is 0.0260. The van der Waals surface area contributed by atoms with Gasteiger partial charge in [0.25, 0.3) is 0 Å². The third kappa shape index (κ3) is 8.05. The molecule has 2 aromatic carbocycles. The van der Waals surface area contributed by atoms with Gasteiger partial charge in [-0.15, -0.1) is 0 Å². The van der Waals surface area contributed by atoms with Crippen LogP contribution in [0, 0.1) is 11.3 Å². The fourth-order valence-corrected chi connectivity index (χ4v) is 7.16. The molecule has 1 saturated heterocycles. The molecule has 4 rings (SSSR count). The number of carboxylic acids is 1. The molecule has 2 fully saturated rings. The maximum absolute atomic E-state index is 13.9. The van der Waals surface area contributed by atoms with E-state index in [-0.39, 0.29) is 35.3 Å². The second-order valence-electron chi connectivity index (χ2n) is 11.1. The number of amides is 2. The lowest BCUT2D eigenvalue weighted by Crippen LogP contribution is -2.55. The van der Waals surface area contributed by atoms with E-state index >= 15 is 0 Å². The highest BCUT2D eigenvalue weighted by Gasteiger charge is 2.36. The molecule has 12 nitrogen and oxygen atoms in total. The van der Waals surface area contributed by atoms with Crippen molar-refractivity contribution >= 4 is 44.4 Å². The Balaban J connectivity index is 1.57. The lowest BCUT2D eigenvalue weighted by molar-refractivity contribution is -0.148. The number of aliphatic carboxylic acids is 1. The number of nitrogens with one attached hydrogen (secondary N) is 4. The number of carboxylic acid groups (broad SMARTS) is 1. The fraction of sp³-hybridized carbons (Fsp3) is 0.517. The summed E-state index contributed by atoms with van der Waals surface area (Å²) in [5.74, 6) is -2.68. The monoisotopic (exact) mass is 600 g/mol. The van der Waals surface area contributed by atoms with Gasteiger partial charge in [0.15, 0.2) is 0 Å². The van der Waals surface area contributed by atoms with E-state index in [1.165, 1.54) is 17.0 Å². The zero-order valence-corrected chi connectivity index (χ0v) is 24.4. The van der Waals surface area contributed by atoms with Crippen LogP contribution in [0.25, 0.3) is 10.8 Å². The fourth-order valence-electron chi connectivity index (χ4n) is 5.94. The van der Waals surface area contributed by atoms with E-state index in [1.54, 1.807) is 18.2 Å². The number of hydrogen-bond acceptors (Lipinski definition) is 7. The Kier molecular flexibility index (Phi) is 10.5. The molecule has 7 N–H and O–H groups in total. The van der Waals surface area contributed by atoms with Gasteiger partial charge in [-0.1, -0.05) is 49.6 Å². The van der Waals surface area contributed by atoms with Crippen LogP contribution < -0.4 is 21.1 Å². The molecule has 0 bridgehead atoms. The van der Waals surface area contributed by atoms with Crippen molar-refractivity contribution in [3.8, 4) is 0 Å². The summed E-state index contributed by atoms with van der Waals surface area (Å²) >= 11 is 0. The largest absolute Gasteiger partial charge is 0.480 e. The highest BCUT2D eigenvalue weighted by molar-refractivity contribution is 7.89. The molecule has 1 heterocycles. The Labute approximate surface area is 246 Å². The van der Waals surface area contributed by atoms with Crippen molar-refractivity contribution < 1.29 is 27.9 Å². The SMILES string of the molecule is N=C(N)[C@H]1NCCCC1CNC(=O)C[C@H](NS(=O)(=O)c1ccc2ccccc2c1)C(=O)N(CC(=O)O)C1CCCCC1. The lowest BCUT2D eigenvalue weighted by Gasteiger charge is -2.35. The Bertz CT molecular complexity index is 1410. The number of nitrogens with two attached hydrogens (primary N) is 1. The van der Waals surface area contributed by atoms with Crippen LogP contribution in [0.3, 0.4) is 0 Å². The number of carbonyl (C=O) groups excluding carboxylic acids is 2. The second-order valence-corrected chi connectivity index (χ2v) is 12.8. The van der Waals surface area contributed by atoms with Gasteiger partial charge in [0.05, 0.1) is 17.4 Å². The molecule has 0 aromatic heterocycles. The van der Waals surface area contributed by atoms with Gasteiger partial charge in [-0.25, -0.2) is 8.42 Å². The summed E-state index contributed by atoms with van der Waals surface area (Å²) in [6.45, 7) is 0.311. The van der Waals surface area contributed by atoms with E-state index in [0.717, 1.165) is 37.5 Å². The molecule has 0 spiro atoms. The van der Waals surface area contributed by atoms with Crippen LogP contribution in [0.1, 0.15) is 51.4 Å². The molecule has 1 aliphatic heterocycles. The molecule has 2 aromatic rings. The first-order valence-corrected chi connectivity index (χ1v) is 15.9. The summed E-state index contributed by atoms with van der Waals surface area (Å²) in [7, 11) is -4.27. The lowest BCUT2D eigenvalue weighted by atomic mass is 9.90. The topological polar surface area (TPSA) is 195 Å². The number of amidine groups is 1. The molecule has 1 aliphatic carbocycles. The van der Waals surface area contributed by atoms with Crippen molar-refractivity contribution in [2.75, 3.05) is 19.6 Å². The zero-order chi connectivity index (χ0) is 30.3. The first-order chi connectivity index (χ1) is 20.0. The standard InChI is InChI=1S/C29H40N6O6S/c30-28(31)27-21(9-6-14-32-27)17-33-25(36)16-24(29(39)35(18-26(37)38)22-10-2-1-3-11-22)34-42(40,41)23-13-12-19-7-4-5-8-20(19)15-23/h4-5,7-8,12-13,15,21-22,24,27,32,34H,1-3,6,9-11,14,16-18H2,(H3,30,31)(H,33,36)(H,37,38)/t21?,24-,27-/m0/s1. The van der Waals surface area contributed by atoms with Crippen LogP contribution in [0.15, 0.2) is 47.4 Å². The number of carbonyl (C=O) groups is 3. The number of nitrogens with zero attached hydrogens (tertiary/aromatic N) is 1. The maximum atomic E-state index is 13.9. The van der Waals surface area contributed by atoms with E-state index < -0.39 is 46.8 Å². The Morgan fingerprint density at radius 2 is 1.76 bits per heavy atom. The van der Waals surface area contributed by atoms with E-state index in [0.29, 0.717) is 24.8 Å². The van der Waals surface area contributed by atoms with Crippen molar-refractivity contribution in [1.29, 1.82) is 5.41 Å². The Morgan fingerprint density at radius 1 is 1.05 bits per heavy atom. The average Bonchev–Trinajstić information content (AvgIpc) is 2.98. The summed E-state index contributed by atoms with van der Waals surface area (Å²) in [4.78, 5) is 39.9. The van der Waals surface area contributed by atoms with Crippen molar-refractivity contribution in [3.05, 3.63) is 42.5 Å². The molecular weight excluding hydrogens is 560 g/mol. The normalized spacial score (nSPS) is 20.5. The molecule has 228 valence electrons. The Morgan fingerprint density at radius 3 is 2.45 bits per heavy atom. The number of fused-ring (bicyclic) bond motifs is 1. The molecule has 3 atom stereocenters. The number of piperidine rings is 1. The van der Waals surface area contributed by atoms with Gasteiger partial charge in [-0.05, 0) is 61.1 Å². The summed E-state index contributed by atoms with van der Waals surface area (Å²) in [5.41, 5.74) is 5.72. The third-order valence-electron chi connectivity index (χ3n) is 8.10. The van der Waals surface area contributed by atoms with Crippen LogP contribution >= 0.6 is 0 Å². The van der Waals surface area contributed by atoms with Gasteiger partial charge in [-0.3, -0.25) is 19.8 Å². The predicted molar refractivity (Wildman–Crippen MR) is 158 cm³/mol. The summed E-state index contributed by atoms with van der Waals surface area (Å²) in [5, 5.41) is 24.9. The van der Waals surface area contributed by atoms with Crippen molar-refractivity contribution in [2.24, 2.45) is 11.7 Å². The zero-order valence-electron chi connectivity index (χ0n) is 23.6. The van der Waals surface area contributed by atoms with Crippen molar-refractivity contribution in [3.63, 3.8) is 0 Å². The van der Waals surface area contributed by atoms with Crippen molar-refractivity contribution in [2.45, 2.75) is 74.4 Å². The first-order valence-electron chi connectivity index (χ1n) is 14.4. The van der Waals surface area contributed by atoms with Crippen molar-refractivity contribution in [1.82, 2.24) is 20.3 Å². The third-order valence-corrected chi connectivity index (χ3v) is 9.57. The average molecular weight is 601 g/mol. The maximum Gasteiger partial charge on any atom is 0.323 e. The van der Waals surface area contributed by atoms with Gasteiger partial charge >= 0.3 is 5.97 Å². The van der Waals surface area contributed by atoms with E-state index in [9.17, 15) is 27.9 Å². The minimum atomic E-state index is -4.27. The van der Waals surface area contributed by atoms with Gasteiger partial charge in [-0.2, -0.15) is 4.72 Å². The predicted octanol–water partition coefficient (Wildman–Crippen LogP) is 1.54. The molecule has 1 saturated carbocycles. The van der Waals surface area contributed by atoms with Gasteiger partial charge < -0.3 is 26.4 Å². The number of benzene rings is 2. The summed E-state index contributed by atoms with van der Waals surface area (Å²) in [6.07, 6.45) is 4.92. The van der Waals surface area contributed by atoms with E-state index in [4.69, 9.17) is 11.1 Å². The number of rotatable bonds is 12. The highest BCUT2D eigenvalue weighted by Crippen LogP contribution is 2.25. The Hall–Kier alpha value is -3.55. The minimum Gasteiger partial charge on any atom is -0.480 e. The van der Waals surface area contributed by atoms with Crippen LogP contribution in [0.2, 0.25) is 0 Å². The summed E-state index contributed by atoms with van der Waals surface area (Å²) < 4.78 is 29.5. The van der Waals surface area contributed by atoms with Gasteiger partial charge in [0, 0.05) is 12.6 Å². The smallest absolute Gasteiger partial charge is 0.323 e. The highest BCUT2D eigenvalue weighted by atomic mass is 32.2.